The fraction of sp³-hybridized carbons (Fsp3) is 0.500. The van der Waals surface area contributed by atoms with Crippen LogP contribution >= 0.6 is 0 Å². The van der Waals surface area contributed by atoms with Crippen LogP contribution in [-0.4, -0.2) is 30.8 Å². The summed E-state index contributed by atoms with van der Waals surface area (Å²) in [7, 11) is 1.48. The molecule has 1 amide bonds. The fourth-order valence-electron chi connectivity index (χ4n) is 1.76. The van der Waals surface area contributed by atoms with Gasteiger partial charge in [0.1, 0.15) is 5.82 Å². The Balaban J connectivity index is 2.68. The first-order chi connectivity index (χ1) is 9.08. The van der Waals surface area contributed by atoms with E-state index < -0.39 is 0 Å². The summed E-state index contributed by atoms with van der Waals surface area (Å²) < 4.78 is 18.3. The number of hydrogen-bond acceptors (Lipinski definition) is 3. The number of aliphatic hydroxyl groups excluding tert-OH is 1. The van der Waals surface area contributed by atoms with Crippen molar-refractivity contribution in [3.8, 4) is 0 Å². The smallest absolute Gasteiger partial charge is 0.251 e. The highest BCUT2D eigenvalue weighted by Crippen LogP contribution is 2.12. The summed E-state index contributed by atoms with van der Waals surface area (Å²) in [5, 5.41) is 11.5. The summed E-state index contributed by atoms with van der Waals surface area (Å²) in [6.07, 6.45) is 1.34. The Morgan fingerprint density at radius 2 is 2.26 bits per heavy atom. The van der Waals surface area contributed by atoms with E-state index in [1.54, 1.807) is 0 Å². The highest BCUT2D eigenvalue weighted by molar-refractivity contribution is 5.94. The predicted octanol–water partition coefficient (Wildman–Crippen LogP) is 1.86. The minimum atomic E-state index is -0.383. The number of methoxy groups -OCH3 is 1. The van der Waals surface area contributed by atoms with Crippen LogP contribution in [0.25, 0.3) is 0 Å². The van der Waals surface area contributed by atoms with E-state index >= 15 is 0 Å². The molecule has 19 heavy (non-hydrogen) atoms. The molecule has 0 fully saturated rings. The van der Waals surface area contributed by atoms with Gasteiger partial charge in [0.2, 0.25) is 0 Å². The van der Waals surface area contributed by atoms with Crippen LogP contribution < -0.4 is 5.32 Å². The number of carbonyl (C=O) groups excluding carboxylic acids is 1. The maximum absolute atomic E-state index is 13.4. The molecule has 0 aliphatic carbocycles. The number of carbonyl (C=O) groups is 1. The molecule has 0 saturated heterocycles. The molecule has 1 atom stereocenters. The van der Waals surface area contributed by atoms with Gasteiger partial charge in [-0.25, -0.2) is 4.39 Å². The summed E-state index contributed by atoms with van der Waals surface area (Å²) >= 11 is 0. The molecule has 0 saturated carbocycles. The lowest BCUT2D eigenvalue weighted by Crippen LogP contribution is -2.32. The molecule has 1 rings (SSSR count). The van der Waals surface area contributed by atoms with E-state index in [0.29, 0.717) is 24.0 Å². The number of halogens is 1. The summed E-state index contributed by atoms with van der Waals surface area (Å²) in [5.74, 6) is -0.630. The largest absolute Gasteiger partial charge is 0.396 e. The fourth-order valence-corrected chi connectivity index (χ4v) is 1.76. The van der Waals surface area contributed by atoms with E-state index in [2.05, 4.69) is 5.32 Å². The zero-order valence-corrected chi connectivity index (χ0v) is 11.3. The van der Waals surface area contributed by atoms with Gasteiger partial charge < -0.3 is 15.2 Å². The third-order valence-electron chi connectivity index (χ3n) is 2.78. The second-order valence-corrected chi connectivity index (χ2v) is 4.48. The van der Waals surface area contributed by atoms with Crippen LogP contribution in [0.3, 0.4) is 0 Å². The Hall–Kier alpha value is -1.46. The summed E-state index contributed by atoms with van der Waals surface area (Å²) in [6, 6.07) is 4.17. The molecule has 0 aromatic heterocycles. The third-order valence-corrected chi connectivity index (χ3v) is 2.78. The van der Waals surface area contributed by atoms with Gasteiger partial charge >= 0.3 is 0 Å². The predicted molar refractivity (Wildman–Crippen MR) is 70.4 cm³/mol. The van der Waals surface area contributed by atoms with Crippen LogP contribution in [0.4, 0.5) is 4.39 Å². The standard InChI is InChI=1S/C14H20FNO3/c1-10(4-3-7-17)16-14(18)11-5-6-13(15)12(8-11)9-19-2/h5-6,8,10,17H,3-4,7,9H2,1-2H3,(H,16,18). The van der Waals surface area contributed by atoms with Crippen LogP contribution in [0.2, 0.25) is 0 Å². The zero-order chi connectivity index (χ0) is 14.3. The van der Waals surface area contributed by atoms with E-state index in [1.807, 2.05) is 6.92 Å². The number of hydrogen-bond donors (Lipinski definition) is 2. The first-order valence-electron chi connectivity index (χ1n) is 6.27. The number of rotatable bonds is 7. The zero-order valence-electron chi connectivity index (χ0n) is 11.3. The van der Waals surface area contributed by atoms with Crippen molar-refractivity contribution in [3.05, 3.63) is 35.1 Å². The minimum Gasteiger partial charge on any atom is -0.396 e. The van der Waals surface area contributed by atoms with Crippen LogP contribution in [0.1, 0.15) is 35.7 Å². The van der Waals surface area contributed by atoms with E-state index in [-0.39, 0.29) is 31.0 Å². The summed E-state index contributed by atoms with van der Waals surface area (Å²) in [5.41, 5.74) is 0.766. The van der Waals surface area contributed by atoms with Crippen LogP contribution in [0, 0.1) is 5.82 Å². The Labute approximate surface area is 112 Å². The number of benzene rings is 1. The van der Waals surface area contributed by atoms with Crippen LogP contribution in [0.15, 0.2) is 18.2 Å². The Kier molecular flexibility index (Phi) is 6.45. The molecule has 1 aromatic carbocycles. The summed E-state index contributed by atoms with van der Waals surface area (Å²) in [4.78, 5) is 11.9. The number of ether oxygens (including phenoxy) is 1. The quantitative estimate of drug-likeness (QED) is 0.794. The SMILES string of the molecule is COCc1cc(C(=O)NC(C)CCCO)ccc1F. The Morgan fingerprint density at radius 3 is 2.89 bits per heavy atom. The lowest BCUT2D eigenvalue weighted by Gasteiger charge is -2.13. The Bertz CT molecular complexity index is 423. The molecule has 0 radical (unpaired) electrons. The van der Waals surface area contributed by atoms with E-state index in [0.717, 1.165) is 0 Å². The third kappa shape index (κ3) is 4.96. The van der Waals surface area contributed by atoms with Crippen molar-refractivity contribution in [1.29, 1.82) is 0 Å². The van der Waals surface area contributed by atoms with Gasteiger partial charge in [-0.2, -0.15) is 0 Å². The van der Waals surface area contributed by atoms with Crippen molar-refractivity contribution in [3.63, 3.8) is 0 Å². The number of nitrogens with one attached hydrogen (secondary N) is 1. The van der Waals surface area contributed by atoms with Gasteiger partial charge in [0, 0.05) is 30.9 Å². The molecule has 0 heterocycles. The van der Waals surface area contributed by atoms with Crippen molar-refractivity contribution in [1.82, 2.24) is 5.32 Å². The molecule has 0 spiro atoms. The number of aliphatic hydroxyl groups is 1. The van der Waals surface area contributed by atoms with Crippen molar-refractivity contribution < 1.29 is 19.0 Å². The molecule has 4 nitrogen and oxygen atoms in total. The second-order valence-electron chi connectivity index (χ2n) is 4.48. The second kappa shape index (κ2) is 7.86. The van der Waals surface area contributed by atoms with Crippen LogP contribution in [0.5, 0.6) is 0 Å². The van der Waals surface area contributed by atoms with E-state index in [1.165, 1.54) is 25.3 Å². The molecule has 0 bridgehead atoms. The first-order valence-corrected chi connectivity index (χ1v) is 6.27. The van der Waals surface area contributed by atoms with Gasteiger partial charge in [-0.15, -0.1) is 0 Å². The van der Waals surface area contributed by atoms with Gasteiger partial charge in [0.25, 0.3) is 5.91 Å². The van der Waals surface area contributed by atoms with E-state index in [4.69, 9.17) is 9.84 Å². The number of amides is 1. The molecular weight excluding hydrogens is 249 g/mol. The van der Waals surface area contributed by atoms with Gasteiger partial charge in [-0.05, 0) is 38.0 Å². The lowest BCUT2D eigenvalue weighted by molar-refractivity contribution is 0.0936. The van der Waals surface area contributed by atoms with Gasteiger partial charge in [-0.1, -0.05) is 0 Å². The lowest BCUT2D eigenvalue weighted by atomic mass is 10.1. The monoisotopic (exact) mass is 269 g/mol. The highest BCUT2D eigenvalue weighted by atomic mass is 19.1. The van der Waals surface area contributed by atoms with Crippen molar-refractivity contribution in [2.75, 3.05) is 13.7 Å². The maximum Gasteiger partial charge on any atom is 0.251 e. The average Bonchev–Trinajstić information content (AvgIpc) is 2.39. The molecule has 2 N–H and O–H groups in total. The van der Waals surface area contributed by atoms with Crippen LogP contribution in [-0.2, 0) is 11.3 Å². The molecule has 1 unspecified atom stereocenters. The van der Waals surface area contributed by atoms with Gasteiger partial charge in [-0.3, -0.25) is 4.79 Å². The molecule has 106 valence electrons. The van der Waals surface area contributed by atoms with Crippen molar-refractivity contribution in [2.24, 2.45) is 0 Å². The average molecular weight is 269 g/mol. The van der Waals surface area contributed by atoms with Crippen molar-refractivity contribution >= 4 is 5.91 Å². The van der Waals surface area contributed by atoms with Gasteiger partial charge in [0.15, 0.2) is 0 Å². The Morgan fingerprint density at radius 1 is 1.53 bits per heavy atom. The normalized spacial score (nSPS) is 12.2. The highest BCUT2D eigenvalue weighted by Gasteiger charge is 2.12. The maximum atomic E-state index is 13.4. The molecule has 0 aliphatic rings. The van der Waals surface area contributed by atoms with Gasteiger partial charge in [0.05, 0.1) is 6.61 Å². The molecule has 1 aromatic rings. The topological polar surface area (TPSA) is 58.6 Å². The van der Waals surface area contributed by atoms with Crippen molar-refractivity contribution in [2.45, 2.75) is 32.4 Å². The van der Waals surface area contributed by atoms with E-state index in [9.17, 15) is 9.18 Å². The first kappa shape index (κ1) is 15.6. The molecular formula is C14H20FNO3. The molecule has 0 aliphatic heterocycles. The minimum absolute atomic E-state index is 0.0319. The summed E-state index contributed by atoms with van der Waals surface area (Å²) in [6.45, 7) is 2.11. The molecule has 5 heteroatoms.